The lowest BCUT2D eigenvalue weighted by Gasteiger charge is -2.40. The molecule has 0 aromatic heterocycles. The Morgan fingerprint density at radius 1 is 1.33 bits per heavy atom. The Bertz CT molecular complexity index is 616. The van der Waals surface area contributed by atoms with Crippen LogP contribution >= 0.6 is 15.9 Å². The van der Waals surface area contributed by atoms with Gasteiger partial charge in [-0.1, -0.05) is 29.8 Å². The van der Waals surface area contributed by atoms with Gasteiger partial charge in [-0.3, -0.25) is 4.79 Å². The molecule has 4 heteroatoms. The summed E-state index contributed by atoms with van der Waals surface area (Å²) in [5.41, 5.74) is 0.354. The minimum absolute atomic E-state index is 0.0237. The fraction of sp³-hybridized carbons (Fsp3) is 0.588. The molecule has 4 atom stereocenters. The largest absolute Gasteiger partial charge is 0.364 e. The molecule has 2 aliphatic carbocycles. The summed E-state index contributed by atoms with van der Waals surface area (Å²) in [5, 5.41) is 3.07. The van der Waals surface area contributed by atoms with Gasteiger partial charge in [-0.05, 0) is 49.4 Å². The Labute approximate surface area is 133 Å². The van der Waals surface area contributed by atoms with Crippen LogP contribution in [0.4, 0.5) is 5.69 Å². The van der Waals surface area contributed by atoms with Crippen molar-refractivity contribution in [2.24, 2.45) is 16.7 Å². The van der Waals surface area contributed by atoms with Crippen molar-refractivity contribution in [2.45, 2.75) is 38.7 Å². The Kier molecular flexibility index (Phi) is 2.69. The van der Waals surface area contributed by atoms with E-state index in [0.717, 1.165) is 29.6 Å². The molecule has 0 radical (unpaired) electrons. The van der Waals surface area contributed by atoms with Crippen LogP contribution in [-0.4, -0.2) is 18.1 Å². The number of carbonyl (C=O) groups is 1. The Hall–Kier alpha value is -0.870. The standard InChI is InChI=1S/C17H20BrNO2/c1-15-10-21-17(9-11(15)7-8-16(15,17)2)14(20)19-13-5-3-12(18)4-6-13/h3-6,11H,7-10H2,1-2H3,(H,19,20)/t11-,15-,16+,17-/m1/s1. The number of carbonyl (C=O) groups excluding carboxylic acids is 1. The molecular weight excluding hydrogens is 330 g/mol. The van der Waals surface area contributed by atoms with E-state index >= 15 is 0 Å². The quantitative estimate of drug-likeness (QED) is 0.876. The Morgan fingerprint density at radius 3 is 2.67 bits per heavy atom. The molecule has 1 aliphatic heterocycles. The third kappa shape index (κ3) is 1.50. The molecule has 3 nitrogen and oxygen atoms in total. The number of nitrogens with one attached hydrogen (secondary N) is 1. The van der Waals surface area contributed by atoms with Crippen molar-refractivity contribution in [1.29, 1.82) is 0 Å². The van der Waals surface area contributed by atoms with Crippen molar-refractivity contribution in [3.63, 3.8) is 0 Å². The maximum atomic E-state index is 13.0. The maximum absolute atomic E-state index is 13.0. The lowest BCUT2D eigenvalue weighted by atomic mass is 9.66. The number of anilines is 1. The van der Waals surface area contributed by atoms with Crippen molar-refractivity contribution in [1.82, 2.24) is 0 Å². The van der Waals surface area contributed by atoms with Crippen LogP contribution in [0.2, 0.25) is 0 Å². The van der Waals surface area contributed by atoms with E-state index in [1.165, 1.54) is 6.42 Å². The average Bonchev–Trinajstić information content (AvgIpc) is 2.93. The predicted molar refractivity (Wildman–Crippen MR) is 85.0 cm³/mol. The van der Waals surface area contributed by atoms with E-state index in [9.17, 15) is 4.79 Å². The maximum Gasteiger partial charge on any atom is 0.257 e. The highest BCUT2D eigenvalue weighted by atomic mass is 79.9. The molecule has 1 N–H and O–H groups in total. The molecule has 3 aliphatic rings. The first-order valence-electron chi connectivity index (χ1n) is 7.62. The van der Waals surface area contributed by atoms with Crippen molar-refractivity contribution in [2.75, 3.05) is 11.9 Å². The third-order valence-corrected chi connectivity index (χ3v) is 7.20. The molecule has 0 spiro atoms. The molecule has 1 heterocycles. The Balaban J connectivity index is 1.65. The van der Waals surface area contributed by atoms with Gasteiger partial charge in [0.1, 0.15) is 0 Å². The molecule has 1 amide bonds. The van der Waals surface area contributed by atoms with Crippen LogP contribution in [0.1, 0.15) is 33.1 Å². The van der Waals surface area contributed by atoms with E-state index in [2.05, 4.69) is 35.1 Å². The molecular formula is C17H20BrNO2. The lowest BCUT2D eigenvalue weighted by Crippen LogP contribution is -2.52. The summed E-state index contributed by atoms with van der Waals surface area (Å²) in [6.45, 7) is 5.29. The summed E-state index contributed by atoms with van der Waals surface area (Å²) in [5.74, 6) is 0.671. The molecule has 1 aromatic rings. The normalized spacial score (nSPS) is 43.3. The van der Waals surface area contributed by atoms with Crippen LogP contribution in [0.15, 0.2) is 28.7 Å². The van der Waals surface area contributed by atoms with Gasteiger partial charge in [0.2, 0.25) is 0 Å². The predicted octanol–water partition coefficient (Wildman–Crippen LogP) is 3.98. The molecule has 0 unspecified atom stereocenters. The zero-order valence-electron chi connectivity index (χ0n) is 12.4. The molecule has 112 valence electrons. The molecule has 4 rings (SSSR count). The second-order valence-electron chi connectivity index (χ2n) is 7.27. The lowest BCUT2D eigenvalue weighted by molar-refractivity contribution is -0.149. The number of benzene rings is 1. The van der Waals surface area contributed by atoms with Gasteiger partial charge in [-0.25, -0.2) is 0 Å². The fourth-order valence-corrected chi connectivity index (χ4v) is 5.29. The number of ether oxygens (including phenoxy) is 1. The summed E-state index contributed by atoms with van der Waals surface area (Å²) >= 11 is 3.41. The van der Waals surface area contributed by atoms with Crippen LogP contribution < -0.4 is 5.32 Å². The average molecular weight is 350 g/mol. The third-order valence-electron chi connectivity index (χ3n) is 6.67. The number of rotatable bonds is 2. The van der Waals surface area contributed by atoms with Gasteiger partial charge in [0.25, 0.3) is 5.91 Å². The summed E-state index contributed by atoms with van der Waals surface area (Å²) < 4.78 is 7.13. The topological polar surface area (TPSA) is 38.3 Å². The monoisotopic (exact) mass is 349 g/mol. The van der Waals surface area contributed by atoms with E-state index < -0.39 is 5.60 Å². The number of halogens is 1. The van der Waals surface area contributed by atoms with Crippen molar-refractivity contribution in [3.05, 3.63) is 28.7 Å². The molecule has 1 aromatic carbocycles. The van der Waals surface area contributed by atoms with Gasteiger partial charge >= 0.3 is 0 Å². The highest BCUT2D eigenvalue weighted by Gasteiger charge is 2.78. The molecule has 2 saturated carbocycles. The highest BCUT2D eigenvalue weighted by Crippen LogP contribution is 2.75. The van der Waals surface area contributed by atoms with Gasteiger partial charge in [0.05, 0.1) is 6.61 Å². The van der Waals surface area contributed by atoms with E-state index in [0.29, 0.717) is 5.92 Å². The fourth-order valence-electron chi connectivity index (χ4n) is 5.02. The van der Waals surface area contributed by atoms with E-state index in [1.54, 1.807) is 0 Å². The van der Waals surface area contributed by atoms with Crippen molar-refractivity contribution in [3.8, 4) is 0 Å². The van der Waals surface area contributed by atoms with Crippen molar-refractivity contribution < 1.29 is 9.53 Å². The Morgan fingerprint density at radius 2 is 2.05 bits per heavy atom. The van der Waals surface area contributed by atoms with Gasteiger partial charge in [0, 0.05) is 21.0 Å². The van der Waals surface area contributed by atoms with Gasteiger partial charge < -0.3 is 10.1 Å². The smallest absolute Gasteiger partial charge is 0.257 e. The minimum Gasteiger partial charge on any atom is -0.364 e. The van der Waals surface area contributed by atoms with Gasteiger partial charge in [-0.15, -0.1) is 0 Å². The minimum atomic E-state index is -0.627. The van der Waals surface area contributed by atoms with Gasteiger partial charge in [-0.2, -0.15) is 0 Å². The summed E-state index contributed by atoms with van der Waals surface area (Å²) in [6, 6.07) is 7.72. The van der Waals surface area contributed by atoms with E-state index in [-0.39, 0.29) is 16.7 Å². The first-order valence-corrected chi connectivity index (χ1v) is 8.42. The molecule has 1 saturated heterocycles. The molecule has 4 bridgehead atoms. The van der Waals surface area contributed by atoms with Crippen LogP contribution in [0.3, 0.4) is 0 Å². The summed E-state index contributed by atoms with van der Waals surface area (Å²) in [6.07, 6.45) is 3.22. The zero-order chi connectivity index (χ0) is 14.9. The number of hydrogen-bond acceptors (Lipinski definition) is 2. The number of amides is 1. The summed E-state index contributed by atoms with van der Waals surface area (Å²) in [4.78, 5) is 13.0. The second kappa shape index (κ2) is 4.11. The first-order chi connectivity index (χ1) is 9.91. The zero-order valence-corrected chi connectivity index (χ0v) is 14.0. The SMILES string of the molecule is C[C@@]12CC[C@@H]3C[C@]1(C(=O)Nc1ccc(Br)cc1)OC[C@]32C. The van der Waals surface area contributed by atoms with E-state index in [1.807, 2.05) is 24.3 Å². The molecule has 21 heavy (non-hydrogen) atoms. The number of hydrogen-bond donors (Lipinski definition) is 1. The van der Waals surface area contributed by atoms with Crippen LogP contribution in [-0.2, 0) is 9.53 Å². The second-order valence-corrected chi connectivity index (χ2v) is 8.18. The molecule has 3 fully saturated rings. The van der Waals surface area contributed by atoms with Crippen LogP contribution in [0.5, 0.6) is 0 Å². The first kappa shape index (κ1) is 13.8. The van der Waals surface area contributed by atoms with Crippen LogP contribution in [0.25, 0.3) is 0 Å². The van der Waals surface area contributed by atoms with E-state index in [4.69, 9.17) is 4.74 Å². The van der Waals surface area contributed by atoms with Crippen LogP contribution in [0, 0.1) is 16.7 Å². The van der Waals surface area contributed by atoms with Crippen molar-refractivity contribution >= 4 is 27.5 Å². The van der Waals surface area contributed by atoms with Gasteiger partial charge in [0.15, 0.2) is 5.60 Å². The summed E-state index contributed by atoms with van der Waals surface area (Å²) in [7, 11) is 0. The highest BCUT2D eigenvalue weighted by molar-refractivity contribution is 9.10.